The Kier molecular flexibility index (Phi) is 2.88. The second-order valence-corrected chi connectivity index (χ2v) is 3.57. The largest absolute Gasteiger partial charge is 0.148 e. The molecule has 69 valence electrons. The first-order valence-corrected chi connectivity index (χ1v) is 5.15. The van der Waals surface area contributed by atoms with Crippen LogP contribution in [-0.2, 0) is 0 Å². The molecule has 1 heteroatoms. The van der Waals surface area contributed by atoms with Crippen LogP contribution in [0.3, 0.4) is 0 Å². The van der Waals surface area contributed by atoms with E-state index in [4.69, 9.17) is 0 Å². The summed E-state index contributed by atoms with van der Waals surface area (Å²) < 4.78 is 0. The summed E-state index contributed by atoms with van der Waals surface area (Å²) in [6.45, 7) is 2.07. The second-order valence-electron chi connectivity index (χ2n) is 3.57. The molecule has 0 saturated carbocycles. The second kappa shape index (κ2) is 4.32. The van der Waals surface area contributed by atoms with E-state index in [1.807, 2.05) is 0 Å². The van der Waals surface area contributed by atoms with Crippen molar-refractivity contribution in [3.8, 4) is 0 Å². The van der Waals surface area contributed by atoms with E-state index in [1.165, 1.54) is 29.4 Å². The van der Waals surface area contributed by atoms with Gasteiger partial charge in [0.1, 0.15) is 7.28 Å². The molecule has 0 fully saturated rings. The third kappa shape index (κ3) is 1.98. The Morgan fingerprint density at radius 1 is 1.14 bits per heavy atom. The summed E-state index contributed by atoms with van der Waals surface area (Å²) in [5.74, 6) is 0. The molecule has 1 aromatic carbocycles. The SMILES string of the molecule is C[B]c1ccc(C2=CC=CCC2)cc1. The van der Waals surface area contributed by atoms with E-state index in [0.29, 0.717) is 0 Å². The lowest BCUT2D eigenvalue weighted by atomic mass is 9.73. The Morgan fingerprint density at radius 3 is 2.50 bits per heavy atom. The summed E-state index contributed by atoms with van der Waals surface area (Å²) in [6, 6.07) is 8.77. The maximum atomic E-state index is 2.22. The molecule has 0 nitrogen and oxygen atoms in total. The number of hydrogen-bond acceptors (Lipinski definition) is 0. The average molecular weight is 181 g/mol. The Balaban J connectivity index is 2.24. The zero-order chi connectivity index (χ0) is 9.80. The summed E-state index contributed by atoms with van der Waals surface area (Å²) in [5, 5.41) is 0. The van der Waals surface area contributed by atoms with E-state index in [-0.39, 0.29) is 0 Å². The molecule has 0 unspecified atom stereocenters. The van der Waals surface area contributed by atoms with Crippen LogP contribution in [0.2, 0.25) is 6.82 Å². The lowest BCUT2D eigenvalue weighted by Crippen LogP contribution is -2.09. The molecule has 2 rings (SSSR count). The molecule has 1 aliphatic rings. The van der Waals surface area contributed by atoms with Crippen molar-refractivity contribution in [2.75, 3.05) is 0 Å². The number of benzene rings is 1. The Labute approximate surface area is 86.6 Å². The van der Waals surface area contributed by atoms with Gasteiger partial charge in [-0.15, -0.1) is 0 Å². The molecular weight excluding hydrogens is 167 g/mol. The molecule has 0 aromatic heterocycles. The molecular formula is C13H14B. The average Bonchev–Trinajstić information content (AvgIpc) is 2.30. The summed E-state index contributed by atoms with van der Waals surface area (Å²) >= 11 is 0. The van der Waals surface area contributed by atoms with Crippen molar-refractivity contribution in [2.24, 2.45) is 0 Å². The van der Waals surface area contributed by atoms with Crippen molar-refractivity contribution in [3.05, 3.63) is 48.1 Å². The zero-order valence-electron chi connectivity index (χ0n) is 8.53. The minimum absolute atomic E-state index is 1.17. The third-order valence-electron chi connectivity index (χ3n) is 2.63. The fourth-order valence-corrected chi connectivity index (χ4v) is 1.73. The Hall–Kier alpha value is -1.24. The van der Waals surface area contributed by atoms with Crippen LogP contribution in [0.5, 0.6) is 0 Å². The van der Waals surface area contributed by atoms with E-state index in [9.17, 15) is 0 Å². The Bertz CT molecular complexity index is 357. The minimum Gasteiger partial charge on any atom is -0.0881 e. The molecule has 1 aliphatic carbocycles. The summed E-state index contributed by atoms with van der Waals surface area (Å²) in [7, 11) is 2.12. The van der Waals surface area contributed by atoms with E-state index in [0.717, 1.165) is 0 Å². The van der Waals surface area contributed by atoms with Crippen molar-refractivity contribution in [1.82, 2.24) is 0 Å². The molecule has 0 atom stereocenters. The van der Waals surface area contributed by atoms with Crippen LogP contribution in [0.4, 0.5) is 0 Å². The number of allylic oxidation sites excluding steroid dienone is 4. The van der Waals surface area contributed by atoms with Crippen molar-refractivity contribution in [2.45, 2.75) is 19.7 Å². The smallest absolute Gasteiger partial charge is 0.0881 e. The predicted molar refractivity (Wildman–Crippen MR) is 64.0 cm³/mol. The van der Waals surface area contributed by atoms with Crippen LogP contribution >= 0.6 is 0 Å². The van der Waals surface area contributed by atoms with Crippen molar-refractivity contribution in [3.63, 3.8) is 0 Å². The van der Waals surface area contributed by atoms with Gasteiger partial charge in [0.05, 0.1) is 0 Å². The highest BCUT2D eigenvalue weighted by atomic mass is 14.1. The van der Waals surface area contributed by atoms with Crippen LogP contribution in [-0.4, -0.2) is 7.28 Å². The van der Waals surface area contributed by atoms with Gasteiger partial charge in [0.15, 0.2) is 0 Å². The maximum Gasteiger partial charge on any atom is 0.148 e. The van der Waals surface area contributed by atoms with E-state index in [1.54, 1.807) is 0 Å². The molecule has 0 aliphatic heterocycles. The molecule has 0 amide bonds. The summed E-state index contributed by atoms with van der Waals surface area (Å²) in [6.07, 6.45) is 8.93. The molecule has 0 saturated heterocycles. The Morgan fingerprint density at radius 2 is 1.93 bits per heavy atom. The first-order valence-electron chi connectivity index (χ1n) is 5.15. The van der Waals surface area contributed by atoms with E-state index < -0.39 is 0 Å². The van der Waals surface area contributed by atoms with Crippen LogP contribution in [0.1, 0.15) is 18.4 Å². The maximum absolute atomic E-state index is 2.22. The molecule has 1 radical (unpaired) electrons. The van der Waals surface area contributed by atoms with Gasteiger partial charge in [-0.1, -0.05) is 54.8 Å². The quantitative estimate of drug-likeness (QED) is 0.615. The lowest BCUT2D eigenvalue weighted by Gasteiger charge is -2.09. The van der Waals surface area contributed by atoms with Crippen molar-refractivity contribution < 1.29 is 0 Å². The van der Waals surface area contributed by atoms with Gasteiger partial charge < -0.3 is 0 Å². The molecule has 14 heavy (non-hydrogen) atoms. The first kappa shape index (κ1) is 9.33. The van der Waals surface area contributed by atoms with Gasteiger partial charge >= 0.3 is 0 Å². The zero-order valence-corrected chi connectivity index (χ0v) is 8.53. The van der Waals surface area contributed by atoms with Gasteiger partial charge in [-0.3, -0.25) is 0 Å². The van der Waals surface area contributed by atoms with E-state index in [2.05, 4.69) is 56.6 Å². The van der Waals surface area contributed by atoms with Crippen LogP contribution in [0.25, 0.3) is 5.57 Å². The number of rotatable bonds is 2. The highest BCUT2D eigenvalue weighted by Crippen LogP contribution is 2.22. The standard InChI is InChI=1S/C13H14B/c1-14-13-9-7-12(8-10-13)11-5-3-2-4-6-11/h2-3,5,7-10H,4,6H2,1H3. The topological polar surface area (TPSA) is 0 Å². The molecule has 0 bridgehead atoms. The van der Waals surface area contributed by atoms with Gasteiger partial charge in [-0.25, -0.2) is 0 Å². The highest BCUT2D eigenvalue weighted by Gasteiger charge is 2.02. The summed E-state index contributed by atoms with van der Waals surface area (Å²) in [5.41, 5.74) is 4.11. The van der Waals surface area contributed by atoms with E-state index >= 15 is 0 Å². The van der Waals surface area contributed by atoms with Gasteiger partial charge in [0, 0.05) is 0 Å². The van der Waals surface area contributed by atoms with Gasteiger partial charge in [-0.2, -0.15) is 0 Å². The van der Waals surface area contributed by atoms with Gasteiger partial charge in [0.25, 0.3) is 0 Å². The van der Waals surface area contributed by atoms with Gasteiger partial charge in [0.2, 0.25) is 0 Å². The molecule has 0 N–H and O–H groups in total. The normalized spacial score (nSPS) is 15.1. The van der Waals surface area contributed by atoms with Crippen molar-refractivity contribution >= 4 is 18.3 Å². The highest BCUT2D eigenvalue weighted by molar-refractivity contribution is 6.51. The molecule has 0 heterocycles. The van der Waals surface area contributed by atoms with Gasteiger partial charge in [-0.05, 0) is 24.0 Å². The van der Waals surface area contributed by atoms with Crippen LogP contribution in [0, 0.1) is 0 Å². The fraction of sp³-hybridized carbons (Fsp3) is 0.231. The monoisotopic (exact) mass is 181 g/mol. The molecule has 0 spiro atoms. The van der Waals surface area contributed by atoms with Crippen LogP contribution in [0.15, 0.2) is 42.5 Å². The third-order valence-corrected chi connectivity index (χ3v) is 2.63. The fourth-order valence-electron chi connectivity index (χ4n) is 1.73. The molecule has 1 aromatic rings. The summed E-state index contributed by atoms with van der Waals surface area (Å²) in [4.78, 5) is 0. The number of hydrogen-bond donors (Lipinski definition) is 0. The van der Waals surface area contributed by atoms with Crippen LogP contribution < -0.4 is 5.46 Å². The predicted octanol–water partition coefficient (Wildman–Crippen LogP) is 2.80. The first-order chi connectivity index (χ1) is 6.90. The lowest BCUT2D eigenvalue weighted by molar-refractivity contribution is 1.05. The minimum atomic E-state index is 1.17. The van der Waals surface area contributed by atoms with Crippen molar-refractivity contribution in [1.29, 1.82) is 0 Å².